The molecule has 96 valence electrons. The highest BCUT2D eigenvalue weighted by Gasteiger charge is 2.42. The van der Waals surface area contributed by atoms with Gasteiger partial charge in [0.2, 0.25) is 0 Å². The van der Waals surface area contributed by atoms with Crippen LogP contribution >= 0.6 is 0 Å². The van der Waals surface area contributed by atoms with Crippen LogP contribution in [-0.2, 0) is 0 Å². The number of hydrogen-bond donors (Lipinski definition) is 1. The van der Waals surface area contributed by atoms with Crippen LogP contribution in [0.4, 0.5) is 0 Å². The molecule has 1 fully saturated rings. The van der Waals surface area contributed by atoms with E-state index >= 15 is 0 Å². The molecule has 2 aliphatic rings. The molecule has 17 heavy (non-hydrogen) atoms. The fraction of sp³-hybridized carbons (Fsp3) is 0.786. The van der Waals surface area contributed by atoms with Crippen LogP contribution in [0, 0.1) is 5.92 Å². The molecule has 3 nitrogen and oxygen atoms in total. The fourth-order valence-electron chi connectivity index (χ4n) is 3.36. The van der Waals surface area contributed by atoms with Crippen molar-refractivity contribution in [3.63, 3.8) is 0 Å². The molecule has 0 aromatic rings. The summed E-state index contributed by atoms with van der Waals surface area (Å²) in [7, 11) is 0. The largest absolute Gasteiger partial charge is 0.370 e. The first kappa shape index (κ1) is 12.5. The summed E-state index contributed by atoms with van der Waals surface area (Å²) in [6, 6.07) is 0. The summed E-state index contributed by atoms with van der Waals surface area (Å²) in [4.78, 5) is 6.77. The van der Waals surface area contributed by atoms with Gasteiger partial charge in [-0.05, 0) is 25.2 Å². The molecular weight excluding hydrogens is 210 g/mol. The van der Waals surface area contributed by atoms with Crippen LogP contribution in [-0.4, -0.2) is 29.5 Å². The first-order valence-corrected chi connectivity index (χ1v) is 6.90. The monoisotopic (exact) mass is 235 g/mol. The smallest absolute Gasteiger partial charge is 0.192 e. The summed E-state index contributed by atoms with van der Waals surface area (Å²) in [5.41, 5.74) is 6.23. The van der Waals surface area contributed by atoms with E-state index in [-0.39, 0.29) is 5.54 Å². The molecule has 2 atom stereocenters. The van der Waals surface area contributed by atoms with Gasteiger partial charge in [-0.3, -0.25) is 4.99 Å². The molecule has 0 aromatic carbocycles. The van der Waals surface area contributed by atoms with Crippen molar-refractivity contribution in [3.8, 4) is 0 Å². The lowest BCUT2D eigenvalue weighted by atomic mass is 9.88. The van der Waals surface area contributed by atoms with Gasteiger partial charge in [0, 0.05) is 6.54 Å². The topological polar surface area (TPSA) is 41.6 Å². The van der Waals surface area contributed by atoms with E-state index in [0.29, 0.717) is 0 Å². The molecule has 2 unspecified atom stereocenters. The summed E-state index contributed by atoms with van der Waals surface area (Å²) < 4.78 is 0. The predicted molar refractivity (Wildman–Crippen MR) is 73.0 cm³/mol. The second-order valence-corrected chi connectivity index (χ2v) is 5.50. The van der Waals surface area contributed by atoms with Crippen molar-refractivity contribution in [2.24, 2.45) is 16.6 Å². The summed E-state index contributed by atoms with van der Waals surface area (Å²) in [6.45, 7) is 7.88. The van der Waals surface area contributed by atoms with Gasteiger partial charge >= 0.3 is 0 Å². The Morgan fingerprint density at radius 3 is 3.06 bits per heavy atom. The Bertz CT molecular complexity index is 311. The molecule has 2 rings (SSSR count). The quantitative estimate of drug-likeness (QED) is 0.764. The number of hydrogen-bond acceptors (Lipinski definition) is 3. The van der Waals surface area contributed by atoms with Crippen LogP contribution in [0.15, 0.2) is 17.6 Å². The molecule has 0 saturated heterocycles. The Morgan fingerprint density at radius 2 is 2.35 bits per heavy atom. The highest BCUT2D eigenvalue weighted by Crippen LogP contribution is 2.38. The maximum Gasteiger partial charge on any atom is 0.192 e. The average Bonchev–Trinajstić information content (AvgIpc) is 2.54. The number of aliphatic imine (C=N–C) groups is 1. The van der Waals surface area contributed by atoms with Gasteiger partial charge in [-0.1, -0.05) is 32.3 Å². The van der Waals surface area contributed by atoms with Gasteiger partial charge in [-0.25, -0.2) is 0 Å². The second kappa shape index (κ2) is 5.11. The zero-order chi connectivity index (χ0) is 12.3. The molecule has 1 spiro atoms. The fourth-order valence-corrected chi connectivity index (χ4v) is 3.36. The Labute approximate surface area is 105 Å². The molecule has 1 heterocycles. The highest BCUT2D eigenvalue weighted by atomic mass is 15.4. The van der Waals surface area contributed by atoms with E-state index < -0.39 is 0 Å². The maximum atomic E-state index is 6.02. The van der Waals surface area contributed by atoms with Crippen molar-refractivity contribution in [3.05, 3.63) is 12.7 Å². The van der Waals surface area contributed by atoms with Gasteiger partial charge < -0.3 is 10.6 Å². The van der Waals surface area contributed by atoms with E-state index in [2.05, 4.69) is 23.4 Å². The van der Waals surface area contributed by atoms with Crippen molar-refractivity contribution < 1.29 is 0 Å². The Kier molecular flexibility index (Phi) is 3.75. The van der Waals surface area contributed by atoms with Gasteiger partial charge in [-0.2, -0.15) is 0 Å². The molecule has 0 amide bonds. The molecule has 0 radical (unpaired) electrons. The molecular formula is C14H25N3. The maximum absolute atomic E-state index is 6.02. The van der Waals surface area contributed by atoms with Crippen molar-refractivity contribution in [1.29, 1.82) is 0 Å². The lowest BCUT2D eigenvalue weighted by molar-refractivity contribution is 0.187. The first-order valence-electron chi connectivity index (χ1n) is 6.90. The van der Waals surface area contributed by atoms with E-state index in [1.807, 2.05) is 6.08 Å². The van der Waals surface area contributed by atoms with Crippen LogP contribution in [0.3, 0.4) is 0 Å². The van der Waals surface area contributed by atoms with Gasteiger partial charge in [-0.15, -0.1) is 6.58 Å². The molecule has 0 aromatic heterocycles. The third-order valence-corrected chi connectivity index (χ3v) is 4.55. The predicted octanol–water partition coefficient (Wildman–Crippen LogP) is 2.53. The minimum Gasteiger partial charge on any atom is -0.370 e. The van der Waals surface area contributed by atoms with E-state index in [4.69, 9.17) is 5.73 Å². The van der Waals surface area contributed by atoms with E-state index in [0.717, 1.165) is 25.0 Å². The normalized spacial score (nSPS) is 33.6. The van der Waals surface area contributed by atoms with Crippen LogP contribution in [0.2, 0.25) is 0 Å². The first-order chi connectivity index (χ1) is 8.22. The molecule has 1 saturated carbocycles. The molecule has 2 N–H and O–H groups in total. The van der Waals surface area contributed by atoms with E-state index in [1.165, 1.54) is 38.5 Å². The average molecular weight is 235 g/mol. The number of nitrogens with two attached hydrogens (primary N) is 1. The number of rotatable bonds is 3. The molecule has 0 bridgehead atoms. The molecule has 1 aliphatic heterocycles. The third-order valence-electron chi connectivity index (χ3n) is 4.55. The summed E-state index contributed by atoms with van der Waals surface area (Å²) >= 11 is 0. The van der Waals surface area contributed by atoms with Gasteiger partial charge in [0.15, 0.2) is 5.96 Å². The summed E-state index contributed by atoms with van der Waals surface area (Å²) in [5, 5.41) is 0. The van der Waals surface area contributed by atoms with Crippen LogP contribution in [0.25, 0.3) is 0 Å². The Balaban J connectivity index is 2.10. The minimum absolute atomic E-state index is 0.211. The highest BCUT2D eigenvalue weighted by molar-refractivity contribution is 5.81. The number of guanidine groups is 1. The van der Waals surface area contributed by atoms with Crippen LogP contribution in [0.5, 0.6) is 0 Å². The Hall–Kier alpha value is -0.990. The SMILES string of the molecule is C=CCN1C(N)=NCC12CCCC(CC)CC2. The minimum atomic E-state index is 0.211. The standard InChI is InChI=1S/C14H25N3/c1-3-10-17-13(15)16-11-14(17)8-5-6-12(4-2)7-9-14/h3,12H,1,4-11H2,2H3,(H2,15,16). The van der Waals surface area contributed by atoms with Crippen molar-refractivity contribution in [1.82, 2.24) is 4.90 Å². The van der Waals surface area contributed by atoms with Crippen molar-refractivity contribution in [2.45, 2.75) is 51.0 Å². The van der Waals surface area contributed by atoms with Gasteiger partial charge in [0.1, 0.15) is 0 Å². The van der Waals surface area contributed by atoms with Gasteiger partial charge in [0.05, 0.1) is 12.1 Å². The lowest BCUT2D eigenvalue weighted by Gasteiger charge is -2.38. The zero-order valence-corrected chi connectivity index (χ0v) is 11.0. The van der Waals surface area contributed by atoms with Crippen LogP contribution in [0.1, 0.15) is 45.4 Å². The summed E-state index contributed by atoms with van der Waals surface area (Å²) in [6.07, 6.45) is 9.75. The summed E-state index contributed by atoms with van der Waals surface area (Å²) in [5.74, 6) is 1.63. The van der Waals surface area contributed by atoms with Gasteiger partial charge in [0.25, 0.3) is 0 Å². The Morgan fingerprint density at radius 1 is 1.53 bits per heavy atom. The van der Waals surface area contributed by atoms with Crippen molar-refractivity contribution >= 4 is 5.96 Å². The van der Waals surface area contributed by atoms with E-state index in [9.17, 15) is 0 Å². The lowest BCUT2D eigenvalue weighted by Crippen LogP contribution is -2.51. The molecule has 1 aliphatic carbocycles. The van der Waals surface area contributed by atoms with Crippen LogP contribution < -0.4 is 5.73 Å². The zero-order valence-electron chi connectivity index (χ0n) is 11.0. The molecule has 3 heteroatoms. The number of nitrogens with zero attached hydrogens (tertiary/aromatic N) is 2. The van der Waals surface area contributed by atoms with E-state index in [1.54, 1.807) is 0 Å². The third kappa shape index (κ3) is 2.33. The second-order valence-electron chi connectivity index (χ2n) is 5.50. The van der Waals surface area contributed by atoms with Crippen molar-refractivity contribution in [2.75, 3.05) is 13.1 Å².